The molecule has 0 aliphatic carbocycles. The van der Waals surface area contributed by atoms with Crippen molar-refractivity contribution in [1.82, 2.24) is 0 Å². The van der Waals surface area contributed by atoms with Crippen LogP contribution in [0, 0.1) is 0 Å². The number of hydrogen-bond donors (Lipinski definition) is 0. The second-order valence-electron chi connectivity index (χ2n) is 4.99. The van der Waals surface area contributed by atoms with E-state index in [-0.39, 0.29) is 0 Å². The van der Waals surface area contributed by atoms with Gasteiger partial charge in [0, 0.05) is 5.57 Å². The van der Waals surface area contributed by atoms with Gasteiger partial charge < -0.3 is 0 Å². The highest BCUT2D eigenvalue weighted by atomic mass is 16.1. The van der Waals surface area contributed by atoms with Gasteiger partial charge in [-0.15, -0.1) is 0 Å². The van der Waals surface area contributed by atoms with Crippen molar-refractivity contribution >= 4 is 12.6 Å². The Morgan fingerprint density at radius 1 is 0.636 bits per heavy atom. The van der Waals surface area contributed by atoms with Gasteiger partial charge in [-0.1, -0.05) is 71.9 Å². The van der Waals surface area contributed by atoms with Crippen molar-refractivity contribution in [3.63, 3.8) is 0 Å². The molecule has 116 valence electrons. The Morgan fingerprint density at radius 3 is 1.45 bits per heavy atom. The van der Waals surface area contributed by atoms with Crippen molar-refractivity contribution < 1.29 is 9.59 Å². The molecule has 22 heavy (non-hydrogen) atoms. The summed E-state index contributed by atoms with van der Waals surface area (Å²) in [6.07, 6.45) is 21.2. The van der Waals surface area contributed by atoms with Crippen molar-refractivity contribution in [3.8, 4) is 0 Å². The average Bonchev–Trinajstić information content (AvgIpc) is 2.51. The van der Waals surface area contributed by atoms with E-state index in [1.807, 2.05) is 75.5 Å². The molecule has 0 aromatic rings. The fraction of sp³-hybridized carbons (Fsp3) is 0.200. The minimum absolute atomic E-state index is 0.702. The standard InChI is InChI=1S/C20H24O2/c1-17(11-7-13-19(3)15-21)9-5-6-10-18(2)12-8-14-20(4)16-22/h5-16H,1-4H3/p+1/b6-5+,11-7+,12-8+,17-9+,18-10+,19-13+,20-14+. The molecule has 2 heteroatoms. The zero-order chi connectivity index (χ0) is 16.8. The topological polar surface area (TPSA) is 38.5 Å². The molecule has 1 N–H and O–H groups in total. The predicted molar refractivity (Wildman–Crippen MR) is 96.5 cm³/mol. The first kappa shape index (κ1) is 19.5. The molecule has 0 fully saturated rings. The highest BCUT2D eigenvalue weighted by Gasteiger charge is 1.84. The highest BCUT2D eigenvalue weighted by molar-refractivity contribution is 5.73. The molecule has 0 spiro atoms. The molecule has 0 heterocycles. The van der Waals surface area contributed by atoms with Crippen molar-refractivity contribution in [2.24, 2.45) is 0 Å². The Labute approximate surface area is 133 Å². The Hall–Kier alpha value is -2.48. The van der Waals surface area contributed by atoms with Crippen LogP contribution < -0.4 is 0 Å². The van der Waals surface area contributed by atoms with Gasteiger partial charge in [-0.05, 0) is 33.3 Å². The van der Waals surface area contributed by atoms with Crippen LogP contribution in [0.2, 0.25) is 0 Å². The van der Waals surface area contributed by atoms with E-state index < -0.39 is 0 Å². The lowest BCUT2D eigenvalue weighted by molar-refractivity contribution is -0.104. The summed E-state index contributed by atoms with van der Waals surface area (Å²) >= 11 is 0. The number of carbonyl (C=O) groups is 1. The van der Waals surface area contributed by atoms with E-state index in [2.05, 4.69) is 0 Å². The zero-order valence-corrected chi connectivity index (χ0v) is 13.8. The zero-order valence-electron chi connectivity index (χ0n) is 13.8. The molecule has 0 atom stereocenters. The van der Waals surface area contributed by atoms with Crippen LogP contribution in [0.25, 0.3) is 0 Å². The van der Waals surface area contributed by atoms with Crippen molar-refractivity contribution in [2.75, 3.05) is 0 Å². The van der Waals surface area contributed by atoms with Crippen LogP contribution in [0.4, 0.5) is 0 Å². The van der Waals surface area contributed by atoms with Gasteiger partial charge in [-0.25, -0.2) is 0 Å². The molecule has 0 saturated carbocycles. The summed E-state index contributed by atoms with van der Waals surface area (Å²) < 4.78 is 0. The minimum atomic E-state index is 0.702. The predicted octanol–water partition coefficient (Wildman–Crippen LogP) is 4.81. The van der Waals surface area contributed by atoms with Crippen LogP contribution in [-0.2, 0) is 4.79 Å². The number of rotatable bonds is 8. The number of aldehydes is 2. The maximum absolute atomic E-state index is 10.4. The summed E-state index contributed by atoms with van der Waals surface area (Å²) in [7, 11) is 0. The first-order valence-electron chi connectivity index (χ1n) is 7.14. The lowest BCUT2D eigenvalue weighted by Gasteiger charge is -1.88. The van der Waals surface area contributed by atoms with E-state index in [1.54, 1.807) is 13.0 Å². The van der Waals surface area contributed by atoms with Gasteiger partial charge in [-0.2, -0.15) is 0 Å². The second kappa shape index (κ2) is 12.3. The van der Waals surface area contributed by atoms with Gasteiger partial charge in [0.25, 0.3) is 0 Å². The summed E-state index contributed by atoms with van der Waals surface area (Å²) in [5.74, 6) is 0. The van der Waals surface area contributed by atoms with E-state index in [4.69, 9.17) is 4.79 Å². The quantitative estimate of drug-likeness (QED) is 0.274. The summed E-state index contributed by atoms with van der Waals surface area (Å²) in [5.41, 5.74) is 3.73. The first-order chi connectivity index (χ1) is 10.5. The van der Waals surface area contributed by atoms with Gasteiger partial charge in [0.2, 0.25) is 0 Å². The normalized spacial score (nSPS) is 15.3. The van der Waals surface area contributed by atoms with Crippen molar-refractivity contribution in [1.29, 1.82) is 0 Å². The van der Waals surface area contributed by atoms with Crippen LogP contribution in [0.3, 0.4) is 0 Å². The van der Waals surface area contributed by atoms with E-state index in [9.17, 15) is 4.79 Å². The average molecular weight is 297 g/mol. The SMILES string of the molecule is C\C(C=O)=C/C=C/C(C)=C/C=C/C=C(C)/C=C/C=C(\C)C=[OH+]. The minimum Gasteiger partial charge on any atom is -0.298 e. The third-order valence-corrected chi connectivity index (χ3v) is 2.66. The first-order valence-corrected chi connectivity index (χ1v) is 7.14. The molecule has 2 nitrogen and oxygen atoms in total. The van der Waals surface area contributed by atoms with Crippen molar-refractivity contribution in [3.05, 3.63) is 83.1 Å². The van der Waals surface area contributed by atoms with Crippen LogP contribution >= 0.6 is 0 Å². The summed E-state index contributed by atoms with van der Waals surface area (Å²) in [4.78, 5) is 19.2. The fourth-order valence-corrected chi connectivity index (χ4v) is 1.31. The second-order valence-corrected chi connectivity index (χ2v) is 4.99. The van der Waals surface area contributed by atoms with Gasteiger partial charge in [0.1, 0.15) is 6.29 Å². The maximum atomic E-state index is 10.4. The maximum Gasteiger partial charge on any atom is 0.308 e. The van der Waals surface area contributed by atoms with Gasteiger partial charge in [0.15, 0.2) is 0 Å². The monoisotopic (exact) mass is 297 g/mol. The Balaban J connectivity index is 4.53. The van der Waals surface area contributed by atoms with Gasteiger partial charge >= 0.3 is 6.29 Å². The molecule has 0 radical (unpaired) electrons. The molecule has 0 aliphatic rings. The smallest absolute Gasteiger partial charge is 0.298 e. The molecular weight excluding hydrogens is 272 g/mol. The number of hydrogen-bond acceptors (Lipinski definition) is 1. The lowest BCUT2D eigenvalue weighted by atomic mass is 10.2. The molecule has 0 aliphatic heterocycles. The summed E-state index contributed by atoms with van der Waals surface area (Å²) in [6.45, 7) is 7.61. The Bertz CT molecular complexity index is 525. The van der Waals surface area contributed by atoms with Crippen LogP contribution in [-0.4, -0.2) is 17.4 Å². The van der Waals surface area contributed by atoms with E-state index in [0.717, 1.165) is 29.3 Å². The molecule has 0 aromatic heterocycles. The third-order valence-electron chi connectivity index (χ3n) is 2.66. The molecular formula is C20H25O2+. The molecule has 0 bridgehead atoms. The van der Waals surface area contributed by atoms with E-state index in [1.165, 1.54) is 0 Å². The Morgan fingerprint density at radius 2 is 1.05 bits per heavy atom. The number of allylic oxidation sites excluding steroid dienone is 14. The van der Waals surface area contributed by atoms with Crippen molar-refractivity contribution in [2.45, 2.75) is 27.7 Å². The summed E-state index contributed by atoms with van der Waals surface area (Å²) in [6, 6.07) is 0. The van der Waals surface area contributed by atoms with Crippen LogP contribution in [0.1, 0.15) is 27.7 Å². The van der Waals surface area contributed by atoms with Gasteiger partial charge in [-0.3, -0.25) is 9.59 Å². The molecule has 0 aromatic carbocycles. The van der Waals surface area contributed by atoms with E-state index in [0.29, 0.717) is 5.57 Å². The Kier molecular flexibility index (Phi) is 10.9. The highest BCUT2D eigenvalue weighted by Crippen LogP contribution is 2.00. The third kappa shape index (κ3) is 11.4. The largest absolute Gasteiger partial charge is 0.308 e. The van der Waals surface area contributed by atoms with E-state index >= 15 is 0 Å². The summed E-state index contributed by atoms with van der Waals surface area (Å²) in [5, 5.41) is 0. The molecule has 0 amide bonds. The van der Waals surface area contributed by atoms with Gasteiger partial charge in [0.05, 0.1) is 0 Å². The van der Waals surface area contributed by atoms with Crippen LogP contribution in [0.15, 0.2) is 83.1 Å². The molecule has 0 saturated heterocycles. The van der Waals surface area contributed by atoms with Crippen LogP contribution in [0.5, 0.6) is 0 Å². The molecule has 0 unspecified atom stereocenters. The fourth-order valence-electron chi connectivity index (χ4n) is 1.31. The number of carbonyl (C=O) groups excluding carboxylic acids is 2. The molecule has 0 rings (SSSR count). The lowest BCUT2D eigenvalue weighted by Crippen LogP contribution is -1.73.